The van der Waals surface area contributed by atoms with Gasteiger partial charge in [0.1, 0.15) is 0 Å². The monoisotopic (exact) mass is 255 g/mol. The Labute approximate surface area is 105 Å². The zero-order chi connectivity index (χ0) is 12.3. The van der Waals surface area contributed by atoms with Crippen LogP contribution in [0.2, 0.25) is 0 Å². The average Bonchev–Trinajstić information content (AvgIpc) is 2.81. The molecule has 1 N–H and O–H groups in total. The first-order valence-electron chi connectivity index (χ1n) is 5.70. The number of carbonyl (C=O) groups excluding carboxylic acids is 1. The summed E-state index contributed by atoms with van der Waals surface area (Å²) in [5, 5.41) is 12.2. The van der Waals surface area contributed by atoms with Crippen LogP contribution in [0.4, 0.5) is 0 Å². The highest BCUT2D eigenvalue weighted by molar-refractivity contribution is 7.12. The molecule has 0 bridgehead atoms. The van der Waals surface area contributed by atoms with E-state index in [0.29, 0.717) is 37.5 Å². The first-order chi connectivity index (χ1) is 8.11. The highest BCUT2D eigenvalue weighted by Crippen LogP contribution is 2.22. The van der Waals surface area contributed by atoms with Gasteiger partial charge >= 0.3 is 0 Å². The van der Waals surface area contributed by atoms with Crippen LogP contribution in [0.25, 0.3) is 0 Å². The molecule has 1 fully saturated rings. The van der Waals surface area contributed by atoms with Gasteiger partial charge in [-0.2, -0.15) is 0 Å². The fraction of sp³-hybridized carbons (Fsp3) is 0.583. The van der Waals surface area contributed by atoms with E-state index in [2.05, 4.69) is 0 Å². The number of nitrogens with zero attached hydrogens (tertiary/aromatic N) is 1. The summed E-state index contributed by atoms with van der Waals surface area (Å²) < 4.78 is 5.22. The molecule has 5 heteroatoms. The third-order valence-electron chi connectivity index (χ3n) is 3.03. The second-order valence-electron chi connectivity index (χ2n) is 4.48. The molecule has 0 aliphatic carbocycles. The van der Waals surface area contributed by atoms with Crippen molar-refractivity contribution in [2.45, 2.75) is 18.4 Å². The minimum absolute atomic E-state index is 0.0279. The summed E-state index contributed by atoms with van der Waals surface area (Å²) >= 11 is 1.42. The Balaban J connectivity index is 1.96. The van der Waals surface area contributed by atoms with Crippen molar-refractivity contribution >= 4 is 17.2 Å². The lowest BCUT2D eigenvalue weighted by atomic mass is 9.94. The highest BCUT2D eigenvalue weighted by atomic mass is 32.1. The summed E-state index contributed by atoms with van der Waals surface area (Å²) in [7, 11) is 1.73. The van der Waals surface area contributed by atoms with Gasteiger partial charge in [-0.15, -0.1) is 11.3 Å². The third-order valence-corrected chi connectivity index (χ3v) is 3.89. The van der Waals surface area contributed by atoms with Crippen LogP contribution in [0.3, 0.4) is 0 Å². The lowest BCUT2D eigenvalue weighted by molar-refractivity contribution is -0.0733. The molecule has 1 saturated heterocycles. The molecule has 1 aliphatic rings. The Morgan fingerprint density at radius 2 is 2.29 bits per heavy atom. The van der Waals surface area contributed by atoms with E-state index < -0.39 is 5.60 Å². The average molecular weight is 255 g/mol. The van der Waals surface area contributed by atoms with E-state index in [0.717, 1.165) is 0 Å². The second kappa shape index (κ2) is 5.16. The van der Waals surface area contributed by atoms with E-state index in [1.54, 1.807) is 18.0 Å². The Kier molecular flexibility index (Phi) is 3.81. The van der Waals surface area contributed by atoms with E-state index in [4.69, 9.17) is 4.74 Å². The van der Waals surface area contributed by atoms with E-state index in [-0.39, 0.29) is 5.91 Å². The van der Waals surface area contributed by atoms with Crippen molar-refractivity contribution in [3.63, 3.8) is 0 Å². The number of likely N-dealkylation sites (N-methyl/N-ethyl adjacent to an activating group) is 1. The summed E-state index contributed by atoms with van der Waals surface area (Å²) in [4.78, 5) is 14.3. The number of rotatable bonds is 3. The fourth-order valence-electron chi connectivity index (χ4n) is 2.01. The van der Waals surface area contributed by atoms with Gasteiger partial charge in [-0.1, -0.05) is 6.07 Å². The van der Waals surface area contributed by atoms with Gasteiger partial charge in [-0.25, -0.2) is 0 Å². The molecule has 0 aromatic carbocycles. The van der Waals surface area contributed by atoms with Crippen molar-refractivity contribution < 1.29 is 14.6 Å². The Morgan fingerprint density at radius 3 is 2.88 bits per heavy atom. The lowest BCUT2D eigenvalue weighted by Crippen LogP contribution is -2.47. The molecule has 1 amide bonds. The summed E-state index contributed by atoms with van der Waals surface area (Å²) in [6.45, 7) is 1.50. The summed E-state index contributed by atoms with van der Waals surface area (Å²) in [6.07, 6.45) is 1.18. The zero-order valence-corrected chi connectivity index (χ0v) is 10.7. The van der Waals surface area contributed by atoms with Crippen molar-refractivity contribution in [1.82, 2.24) is 4.90 Å². The van der Waals surface area contributed by atoms with Gasteiger partial charge in [-0.3, -0.25) is 4.79 Å². The van der Waals surface area contributed by atoms with Gasteiger partial charge < -0.3 is 14.7 Å². The maximum atomic E-state index is 12.0. The largest absolute Gasteiger partial charge is 0.388 e. The molecule has 17 heavy (non-hydrogen) atoms. The SMILES string of the molecule is CN(CC1(O)CCOCC1)C(=O)c1cccs1. The molecule has 0 saturated carbocycles. The fourth-order valence-corrected chi connectivity index (χ4v) is 2.73. The predicted molar refractivity (Wildman–Crippen MR) is 66.3 cm³/mol. The first kappa shape index (κ1) is 12.5. The molecule has 2 heterocycles. The topological polar surface area (TPSA) is 49.8 Å². The molecule has 0 unspecified atom stereocenters. The maximum Gasteiger partial charge on any atom is 0.263 e. The molecule has 0 atom stereocenters. The van der Waals surface area contributed by atoms with Gasteiger partial charge in [0.05, 0.1) is 10.5 Å². The number of hydrogen-bond donors (Lipinski definition) is 1. The van der Waals surface area contributed by atoms with Crippen LogP contribution in [0.15, 0.2) is 17.5 Å². The smallest absolute Gasteiger partial charge is 0.263 e. The summed E-state index contributed by atoms with van der Waals surface area (Å²) in [5.41, 5.74) is -0.792. The lowest BCUT2D eigenvalue weighted by Gasteiger charge is -2.35. The van der Waals surface area contributed by atoms with Crippen molar-refractivity contribution in [1.29, 1.82) is 0 Å². The number of hydrogen-bond acceptors (Lipinski definition) is 4. The summed E-state index contributed by atoms with van der Waals surface area (Å²) in [6, 6.07) is 3.66. The number of carbonyl (C=O) groups is 1. The number of ether oxygens (including phenoxy) is 1. The molecule has 0 radical (unpaired) electrons. The van der Waals surface area contributed by atoms with Gasteiger partial charge in [0.15, 0.2) is 0 Å². The molecule has 0 spiro atoms. The van der Waals surface area contributed by atoms with Crippen LogP contribution in [-0.2, 0) is 4.74 Å². The minimum atomic E-state index is -0.792. The van der Waals surface area contributed by atoms with Gasteiger partial charge in [0.2, 0.25) is 0 Å². The van der Waals surface area contributed by atoms with Crippen LogP contribution in [0.1, 0.15) is 22.5 Å². The van der Waals surface area contributed by atoms with Crippen molar-refractivity contribution in [3.05, 3.63) is 22.4 Å². The van der Waals surface area contributed by atoms with E-state index in [9.17, 15) is 9.90 Å². The number of thiophene rings is 1. The number of amides is 1. The normalized spacial score (nSPS) is 18.9. The van der Waals surface area contributed by atoms with E-state index in [1.807, 2.05) is 11.4 Å². The zero-order valence-electron chi connectivity index (χ0n) is 9.89. The standard InChI is InChI=1S/C12H17NO3S/c1-13(11(14)10-3-2-8-17-10)9-12(15)4-6-16-7-5-12/h2-3,8,15H,4-7,9H2,1H3. The minimum Gasteiger partial charge on any atom is -0.388 e. The molecular formula is C12H17NO3S. The Bertz CT molecular complexity index is 371. The van der Waals surface area contributed by atoms with Crippen LogP contribution in [0.5, 0.6) is 0 Å². The van der Waals surface area contributed by atoms with Crippen molar-refractivity contribution in [3.8, 4) is 0 Å². The molecule has 2 rings (SSSR count). The molecule has 94 valence electrons. The quantitative estimate of drug-likeness (QED) is 0.887. The Hall–Kier alpha value is -0.910. The van der Waals surface area contributed by atoms with Crippen LogP contribution < -0.4 is 0 Å². The van der Waals surface area contributed by atoms with Crippen molar-refractivity contribution in [2.75, 3.05) is 26.8 Å². The van der Waals surface area contributed by atoms with E-state index in [1.165, 1.54) is 11.3 Å². The first-order valence-corrected chi connectivity index (χ1v) is 6.58. The summed E-state index contributed by atoms with van der Waals surface area (Å²) in [5.74, 6) is -0.0279. The number of aliphatic hydroxyl groups is 1. The predicted octanol–water partition coefficient (Wildman–Crippen LogP) is 1.36. The van der Waals surface area contributed by atoms with Crippen LogP contribution >= 0.6 is 11.3 Å². The molecule has 1 aliphatic heterocycles. The molecule has 1 aromatic rings. The molecule has 1 aromatic heterocycles. The second-order valence-corrected chi connectivity index (χ2v) is 5.42. The highest BCUT2D eigenvalue weighted by Gasteiger charge is 2.32. The maximum absolute atomic E-state index is 12.0. The van der Waals surface area contributed by atoms with Gasteiger partial charge in [-0.05, 0) is 11.4 Å². The van der Waals surface area contributed by atoms with Gasteiger partial charge in [0, 0.05) is 39.6 Å². The molecular weight excluding hydrogens is 238 g/mol. The Morgan fingerprint density at radius 1 is 1.59 bits per heavy atom. The molecule has 4 nitrogen and oxygen atoms in total. The van der Waals surface area contributed by atoms with Crippen LogP contribution in [-0.4, -0.2) is 48.3 Å². The third kappa shape index (κ3) is 3.06. The van der Waals surface area contributed by atoms with Gasteiger partial charge in [0.25, 0.3) is 5.91 Å². The van der Waals surface area contributed by atoms with E-state index >= 15 is 0 Å². The van der Waals surface area contributed by atoms with Crippen LogP contribution in [0, 0.1) is 0 Å². The van der Waals surface area contributed by atoms with Crippen molar-refractivity contribution in [2.24, 2.45) is 0 Å².